The van der Waals surface area contributed by atoms with Crippen LogP contribution in [0, 0.1) is 0 Å². The van der Waals surface area contributed by atoms with Gasteiger partial charge in [0.05, 0.1) is 22.8 Å². The Morgan fingerprint density at radius 1 is 0.976 bits per heavy atom. The van der Waals surface area contributed by atoms with Gasteiger partial charge in [-0.1, -0.05) is 48.5 Å². The van der Waals surface area contributed by atoms with Crippen LogP contribution in [0.2, 0.25) is 0 Å². The van der Waals surface area contributed by atoms with Crippen LogP contribution < -0.4 is 0 Å². The summed E-state index contributed by atoms with van der Waals surface area (Å²) in [5.74, 6) is 0.735. The minimum Gasteiger partial charge on any atom is -0.465 e. The summed E-state index contributed by atoms with van der Waals surface area (Å²) in [4.78, 5) is 33.8. The Morgan fingerprint density at radius 2 is 1.71 bits per heavy atom. The molecule has 1 aliphatic heterocycles. The molecule has 3 heterocycles. The number of imidazole rings is 1. The Bertz CT molecular complexity index is 1760. The molecule has 2 aromatic heterocycles. The van der Waals surface area contributed by atoms with Crippen LogP contribution in [-0.4, -0.2) is 65.7 Å². The number of hydrogen-bond acceptors (Lipinski definition) is 3. The van der Waals surface area contributed by atoms with Gasteiger partial charge in [0.15, 0.2) is 5.82 Å². The number of carbonyl (C=O) groups excluding carboxylic acids is 1. The Morgan fingerprint density at radius 3 is 2.44 bits per heavy atom. The topological polar surface area (TPSA) is 83.6 Å². The van der Waals surface area contributed by atoms with Gasteiger partial charge in [0.1, 0.15) is 0 Å². The van der Waals surface area contributed by atoms with Crippen LogP contribution >= 0.6 is 0 Å². The smallest absolute Gasteiger partial charge is 0.408 e. The number of amides is 2. The van der Waals surface area contributed by atoms with Gasteiger partial charge >= 0.3 is 6.09 Å². The predicted octanol–water partition coefficient (Wildman–Crippen LogP) is 6.24. The molecule has 0 spiro atoms. The van der Waals surface area contributed by atoms with Gasteiger partial charge in [0.2, 0.25) is 0 Å². The summed E-state index contributed by atoms with van der Waals surface area (Å²) in [6.07, 6.45) is -0.332. The monoisotopic (exact) mass is 549 g/mol. The van der Waals surface area contributed by atoms with E-state index in [2.05, 4.69) is 57.7 Å². The first-order valence-corrected chi connectivity index (χ1v) is 14.0. The number of carbonyl (C=O) groups is 2. The molecule has 0 aliphatic carbocycles. The van der Waals surface area contributed by atoms with Gasteiger partial charge in [-0.2, -0.15) is 0 Å². The average molecular weight is 550 g/mol. The van der Waals surface area contributed by atoms with E-state index in [4.69, 9.17) is 4.98 Å². The Hall–Kier alpha value is -4.59. The number of rotatable bonds is 5. The Balaban J connectivity index is 1.33. The van der Waals surface area contributed by atoms with E-state index in [1.807, 2.05) is 58.2 Å². The molecule has 0 bridgehead atoms. The standard InChI is InChI=1S/C33H35N5O3/c1-33(2,3)38(32(40)41)25-16-17-36(21-25)31(39)24-14-15-28-26(18-24)34-30(35(28)4)29-19-23-12-8-9-13-27(23)37(29)20-22-10-6-5-7-11-22/h5-15,18-19,25H,16-17,20-21H2,1-4H3,(H,40,41). The average Bonchev–Trinajstić information content (AvgIpc) is 3.64. The normalized spacial score (nSPS) is 15.6. The molecule has 1 atom stereocenters. The van der Waals surface area contributed by atoms with Gasteiger partial charge in [-0.05, 0) is 63.1 Å². The van der Waals surface area contributed by atoms with E-state index < -0.39 is 11.6 Å². The zero-order valence-corrected chi connectivity index (χ0v) is 23.9. The second-order valence-electron chi connectivity index (χ2n) is 11.9. The molecule has 1 fully saturated rings. The number of fused-ring (bicyclic) bond motifs is 2. The van der Waals surface area contributed by atoms with Crippen molar-refractivity contribution in [2.24, 2.45) is 7.05 Å². The number of para-hydroxylation sites is 1. The van der Waals surface area contributed by atoms with E-state index in [1.54, 1.807) is 4.90 Å². The number of hydrogen-bond donors (Lipinski definition) is 1. The maximum Gasteiger partial charge on any atom is 0.408 e. The Kier molecular flexibility index (Phi) is 6.56. The summed E-state index contributed by atoms with van der Waals surface area (Å²) in [5.41, 5.74) is 5.08. The van der Waals surface area contributed by atoms with Crippen LogP contribution in [0.15, 0.2) is 78.9 Å². The molecule has 1 aliphatic rings. The molecule has 1 N–H and O–H groups in total. The maximum absolute atomic E-state index is 13.5. The van der Waals surface area contributed by atoms with Gasteiger partial charge in [0, 0.05) is 48.7 Å². The van der Waals surface area contributed by atoms with Crippen molar-refractivity contribution in [1.82, 2.24) is 23.9 Å². The van der Waals surface area contributed by atoms with Gasteiger partial charge in [-0.15, -0.1) is 0 Å². The zero-order valence-electron chi connectivity index (χ0n) is 23.9. The van der Waals surface area contributed by atoms with E-state index in [0.717, 1.165) is 33.5 Å². The first kappa shape index (κ1) is 26.6. The molecular weight excluding hydrogens is 514 g/mol. The van der Waals surface area contributed by atoms with Crippen LogP contribution in [-0.2, 0) is 13.6 Å². The number of likely N-dealkylation sites (tertiary alicyclic amines) is 1. The third kappa shape index (κ3) is 4.84. The molecule has 1 unspecified atom stereocenters. The fourth-order valence-corrected chi connectivity index (χ4v) is 6.20. The number of carboxylic acid groups (broad SMARTS) is 1. The van der Waals surface area contributed by atoms with E-state index >= 15 is 0 Å². The van der Waals surface area contributed by atoms with Crippen molar-refractivity contribution in [3.63, 3.8) is 0 Å². The molecule has 8 heteroatoms. The molecule has 2 amide bonds. The minimum atomic E-state index is -0.955. The fourth-order valence-electron chi connectivity index (χ4n) is 6.20. The fraction of sp³-hybridized carbons (Fsp3) is 0.303. The van der Waals surface area contributed by atoms with Gasteiger partial charge in [-0.25, -0.2) is 9.78 Å². The van der Waals surface area contributed by atoms with Crippen LogP contribution in [0.4, 0.5) is 4.79 Å². The maximum atomic E-state index is 13.5. The summed E-state index contributed by atoms with van der Waals surface area (Å²) < 4.78 is 4.38. The van der Waals surface area contributed by atoms with Crippen molar-refractivity contribution in [2.45, 2.75) is 45.3 Å². The van der Waals surface area contributed by atoms with Gasteiger partial charge in [-0.3, -0.25) is 9.69 Å². The molecule has 3 aromatic carbocycles. The first-order valence-electron chi connectivity index (χ1n) is 14.0. The molecule has 5 aromatic rings. The molecule has 0 radical (unpaired) electrons. The van der Waals surface area contributed by atoms with E-state index in [-0.39, 0.29) is 11.9 Å². The predicted molar refractivity (Wildman–Crippen MR) is 161 cm³/mol. The number of benzene rings is 3. The first-order chi connectivity index (χ1) is 19.6. The van der Waals surface area contributed by atoms with Crippen LogP contribution in [0.5, 0.6) is 0 Å². The molecule has 0 saturated carbocycles. The molecule has 8 nitrogen and oxygen atoms in total. The summed E-state index contributed by atoms with van der Waals surface area (Å²) in [5, 5.41) is 11.0. The number of aryl methyl sites for hydroxylation is 1. The van der Waals surface area contributed by atoms with Crippen molar-refractivity contribution >= 4 is 33.9 Å². The lowest BCUT2D eigenvalue weighted by Gasteiger charge is -2.37. The summed E-state index contributed by atoms with van der Waals surface area (Å²) in [6, 6.07) is 26.4. The molecule has 1 saturated heterocycles. The van der Waals surface area contributed by atoms with Crippen LogP contribution in [0.3, 0.4) is 0 Å². The number of nitrogens with zero attached hydrogens (tertiary/aromatic N) is 5. The quantitative estimate of drug-likeness (QED) is 0.281. The Labute approximate surface area is 239 Å². The highest BCUT2D eigenvalue weighted by Crippen LogP contribution is 2.32. The SMILES string of the molecule is Cn1c(-c2cc3ccccc3n2Cc2ccccc2)nc2cc(C(=O)N3CCC(N(C(=O)O)C(C)(C)C)C3)ccc21. The molecule has 41 heavy (non-hydrogen) atoms. The van der Waals surface area contributed by atoms with Gasteiger partial charge < -0.3 is 19.1 Å². The highest BCUT2D eigenvalue weighted by atomic mass is 16.4. The lowest BCUT2D eigenvalue weighted by atomic mass is 10.0. The molecular formula is C33H35N5O3. The highest BCUT2D eigenvalue weighted by molar-refractivity contribution is 5.98. The second kappa shape index (κ2) is 10.1. The molecule has 210 valence electrons. The van der Waals surface area contributed by atoms with E-state index in [1.165, 1.54) is 10.5 Å². The lowest BCUT2D eigenvalue weighted by Crippen LogP contribution is -2.52. The van der Waals surface area contributed by atoms with E-state index in [0.29, 0.717) is 31.6 Å². The van der Waals surface area contributed by atoms with Crippen molar-refractivity contribution < 1.29 is 14.7 Å². The summed E-state index contributed by atoms with van der Waals surface area (Å²) in [6.45, 7) is 7.28. The summed E-state index contributed by atoms with van der Waals surface area (Å²) >= 11 is 0. The second-order valence-corrected chi connectivity index (χ2v) is 11.9. The van der Waals surface area contributed by atoms with Crippen LogP contribution in [0.25, 0.3) is 33.5 Å². The number of aromatic nitrogens is 3. The van der Waals surface area contributed by atoms with Gasteiger partial charge in [0.25, 0.3) is 5.91 Å². The van der Waals surface area contributed by atoms with Crippen molar-refractivity contribution in [1.29, 1.82) is 0 Å². The lowest BCUT2D eigenvalue weighted by molar-refractivity contribution is 0.0649. The zero-order chi connectivity index (χ0) is 28.9. The largest absolute Gasteiger partial charge is 0.465 e. The van der Waals surface area contributed by atoms with Crippen LogP contribution in [0.1, 0.15) is 43.1 Å². The third-order valence-corrected chi connectivity index (χ3v) is 8.10. The van der Waals surface area contributed by atoms with Crippen molar-refractivity contribution in [2.75, 3.05) is 13.1 Å². The highest BCUT2D eigenvalue weighted by Gasteiger charge is 2.38. The van der Waals surface area contributed by atoms with Crippen molar-refractivity contribution in [3.05, 3.63) is 90.0 Å². The summed E-state index contributed by atoms with van der Waals surface area (Å²) in [7, 11) is 2.01. The van der Waals surface area contributed by atoms with E-state index in [9.17, 15) is 14.7 Å². The van der Waals surface area contributed by atoms with Crippen molar-refractivity contribution in [3.8, 4) is 11.5 Å². The third-order valence-electron chi connectivity index (χ3n) is 8.10. The minimum absolute atomic E-state index is 0.0981. The molecule has 6 rings (SSSR count).